The molecule has 1 heterocycles. The second-order valence-corrected chi connectivity index (χ2v) is 11.0. The Morgan fingerprint density at radius 2 is 1.76 bits per heavy atom. The highest BCUT2D eigenvalue weighted by Crippen LogP contribution is 2.51. The number of nitrogens with zero attached hydrogens (tertiary/aromatic N) is 1. The van der Waals surface area contributed by atoms with Gasteiger partial charge in [-0.3, -0.25) is 15.1 Å². The number of aliphatic hydroxyl groups excluding tert-OH is 1. The smallest absolute Gasteiger partial charge is 0.162 e. The fourth-order valence-corrected chi connectivity index (χ4v) is 5.59. The number of allylic oxidation sites excluding steroid dienone is 2. The summed E-state index contributed by atoms with van der Waals surface area (Å²) in [5.41, 5.74) is 3.25. The number of nitrogens with one attached hydrogen (secondary N) is 1. The van der Waals surface area contributed by atoms with E-state index in [4.69, 9.17) is 11.6 Å². The van der Waals surface area contributed by atoms with Crippen LogP contribution in [0.15, 0.2) is 89.6 Å². The van der Waals surface area contributed by atoms with E-state index in [9.17, 15) is 15.3 Å². The molecular formula is C31H28ClFN2O2. The molecule has 0 saturated heterocycles. The number of aliphatic hydroxyl groups is 1. The Bertz CT molecular complexity index is 1490. The van der Waals surface area contributed by atoms with Gasteiger partial charge in [0.1, 0.15) is 17.4 Å². The van der Waals surface area contributed by atoms with Gasteiger partial charge >= 0.3 is 0 Å². The van der Waals surface area contributed by atoms with Gasteiger partial charge in [0.2, 0.25) is 0 Å². The molecule has 1 unspecified atom stereocenters. The number of amidine groups is 1. The monoisotopic (exact) mass is 514 g/mol. The van der Waals surface area contributed by atoms with Crippen LogP contribution in [0.2, 0.25) is 5.02 Å². The normalized spacial score (nSPS) is 20.7. The summed E-state index contributed by atoms with van der Waals surface area (Å²) in [5.74, 6) is -1.71. The van der Waals surface area contributed by atoms with Gasteiger partial charge in [0.15, 0.2) is 5.78 Å². The lowest BCUT2D eigenvalue weighted by molar-refractivity contribution is -0.118. The Hall–Kier alpha value is -3.70. The minimum atomic E-state index is -0.927. The zero-order valence-corrected chi connectivity index (χ0v) is 21.7. The van der Waals surface area contributed by atoms with E-state index in [1.165, 1.54) is 6.07 Å². The lowest BCUT2D eigenvalue weighted by atomic mass is 9.67. The molecule has 0 radical (unpaired) electrons. The van der Waals surface area contributed by atoms with Gasteiger partial charge in [-0.25, -0.2) is 4.39 Å². The summed E-state index contributed by atoms with van der Waals surface area (Å²) in [6, 6.07) is 20.6. The molecule has 4 nitrogen and oxygen atoms in total. The number of hydrogen-bond acceptors (Lipinski definition) is 3. The lowest BCUT2D eigenvalue weighted by Crippen LogP contribution is -2.45. The van der Waals surface area contributed by atoms with Crippen LogP contribution in [0.1, 0.15) is 49.3 Å². The molecule has 1 atom stereocenters. The summed E-state index contributed by atoms with van der Waals surface area (Å²) in [4.78, 5) is 15.5. The van der Waals surface area contributed by atoms with Crippen molar-refractivity contribution in [1.82, 2.24) is 0 Å². The summed E-state index contributed by atoms with van der Waals surface area (Å²) in [6.07, 6.45) is 0.790. The van der Waals surface area contributed by atoms with E-state index >= 15 is 4.39 Å². The van der Waals surface area contributed by atoms with Gasteiger partial charge in [-0.05, 0) is 43.0 Å². The maximum Gasteiger partial charge on any atom is 0.162 e. The van der Waals surface area contributed by atoms with Gasteiger partial charge in [-0.15, -0.1) is 0 Å². The molecule has 188 valence electrons. The minimum absolute atomic E-state index is 0.0159. The first-order valence-corrected chi connectivity index (χ1v) is 12.6. The van der Waals surface area contributed by atoms with Crippen LogP contribution in [0.4, 0.5) is 10.1 Å². The molecule has 0 bridgehead atoms. The zero-order chi connectivity index (χ0) is 26.5. The molecule has 5 rings (SSSR count). The second kappa shape index (κ2) is 9.31. The summed E-state index contributed by atoms with van der Waals surface area (Å²) in [5, 5.41) is 21.5. The van der Waals surface area contributed by atoms with Gasteiger partial charge in [0.05, 0.1) is 0 Å². The Labute approximate surface area is 221 Å². The van der Waals surface area contributed by atoms with Gasteiger partial charge in [-0.1, -0.05) is 79.5 Å². The van der Waals surface area contributed by atoms with E-state index in [2.05, 4.69) is 0 Å². The number of halogens is 2. The number of benzene rings is 3. The predicted octanol–water partition coefficient (Wildman–Crippen LogP) is 7.98. The van der Waals surface area contributed by atoms with Crippen molar-refractivity contribution in [3.8, 4) is 0 Å². The number of hydrogen-bond donors (Lipinski definition) is 2. The van der Waals surface area contributed by atoms with Crippen molar-refractivity contribution in [1.29, 1.82) is 5.41 Å². The highest BCUT2D eigenvalue weighted by Gasteiger charge is 2.47. The molecular weight excluding hydrogens is 487 g/mol. The average molecular weight is 515 g/mol. The molecule has 2 N–H and O–H groups in total. The zero-order valence-electron chi connectivity index (χ0n) is 21.0. The first-order chi connectivity index (χ1) is 17.6. The maximum absolute atomic E-state index is 15.4. The van der Waals surface area contributed by atoms with Crippen molar-refractivity contribution in [2.45, 2.75) is 39.5 Å². The van der Waals surface area contributed by atoms with Crippen molar-refractivity contribution in [3.63, 3.8) is 0 Å². The predicted molar refractivity (Wildman–Crippen MR) is 147 cm³/mol. The first-order valence-electron chi connectivity index (χ1n) is 12.2. The largest absolute Gasteiger partial charge is 0.507 e. The van der Waals surface area contributed by atoms with Gasteiger partial charge in [0, 0.05) is 51.0 Å². The second-order valence-electron chi connectivity index (χ2n) is 10.5. The van der Waals surface area contributed by atoms with Crippen LogP contribution in [0.25, 0.3) is 5.76 Å². The maximum atomic E-state index is 15.4. The molecule has 3 aromatic rings. The number of carbonyl (C=O) groups is 1. The SMILES string of the molecule is Cc1ccc(/C(O)=C2\C(=N)N(c3cccc(Cl)c3)C3=C(C(=O)CC(C)(C)C3)C2c2ccccc2F)cc1. The summed E-state index contributed by atoms with van der Waals surface area (Å²) >= 11 is 6.34. The van der Waals surface area contributed by atoms with E-state index in [1.54, 1.807) is 53.4 Å². The Morgan fingerprint density at radius 1 is 1.05 bits per heavy atom. The molecule has 0 fully saturated rings. The quantitative estimate of drug-likeness (QED) is 0.348. The number of rotatable bonds is 3. The molecule has 1 aliphatic carbocycles. The van der Waals surface area contributed by atoms with Gasteiger partial charge in [-0.2, -0.15) is 0 Å². The molecule has 0 amide bonds. The van der Waals surface area contributed by atoms with Crippen molar-refractivity contribution >= 4 is 34.7 Å². The fourth-order valence-electron chi connectivity index (χ4n) is 5.40. The van der Waals surface area contributed by atoms with E-state index in [0.29, 0.717) is 34.0 Å². The van der Waals surface area contributed by atoms with Crippen LogP contribution < -0.4 is 4.90 Å². The van der Waals surface area contributed by atoms with Crippen LogP contribution in [-0.2, 0) is 4.79 Å². The number of ketones is 1. The Kier molecular flexibility index (Phi) is 6.28. The van der Waals surface area contributed by atoms with Crippen LogP contribution in [0, 0.1) is 23.6 Å². The van der Waals surface area contributed by atoms with Crippen molar-refractivity contribution in [3.05, 3.63) is 117 Å². The minimum Gasteiger partial charge on any atom is -0.507 e. The van der Waals surface area contributed by atoms with Crippen LogP contribution in [-0.4, -0.2) is 16.7 Å². The summed E-state index contributed by atoms with van der Waals surface area (Å²) in [6.45, 7) is 5.97. The highest BCUT2D eigenvalue weighted by atomic mass is 35.5. The van der Waals surface area contributed by atoms with Gasteiger partial charge in [0.25, 0.3) is 0 Å². The third kappa shape index (κ3) is 4.49. The molecule has 3 aromatic carbocycles. The number of aryl methyl sites for hydroxylation is 1. The van der Waals surface area contributed by atoms with Crippen molar-refractivity contribution < 1.29 is 14.3 Å². The summed E-state index contributed by atoms with van der Waals surface area (Å²) < 4.78 is 15.4. The molecule has 2 aliphatic rings. The van der Waals surface area contributed by atoms with E-state index in [-0.39, 0.29) is 40.4 Å². The number of anilines is 1. The van der Waals surface area contributed by atoms with Crippen LogP contribution >= 0.6 is 11.6 Å². The first kappa shape index (κ1) is 25.0. The molecule has 37 heavy (non-hydrogen) atoms. The highest BCUT2D eigenvalue weighted by molar-refractivity contribution is 6.31. The summed E-state index contributed by atoms with van der Waals surface area (Å²) in [7, 11) is 0. The Balaban J connectivity index is 1.87. The lowest BCUT2D eigenvalue weighted by Gasteiger charge is -2.45. The molecule has 0 aromatic heterocycles. The van der Waals surface area contributed by atoms with Gasteiger partial charge < -0.3 is 5.11 Å². The number of carbonyl (C=O) groups excluding carboxylic acids is 1. The van der Waals surface area contributed by atoms with Crippen LogP contribution in [0.5, 0.6) is 0 Å². The third-order valence-corrected chi connectivity index (χ3v) is 7.32. The van der Waals surface area contributed by atoms with E-state index < -0.39 is 11.7 Å². The van der Waals surface area contributed by atoms with E-state index in [1.807, 2.05) is 39.0 Å². The average Bonchev–Trinajstić information content (AvgIpc) is 2.83. The molecule has 6 heteroatoms. The molecule has 1 aliphatic heterocycles. The van der Waals surface area contributed by atoms with Crippen molar-refractivity contribution in [2.75, 3.05) is 4.90 Å². The standard InChI is InChI=1S/C31H28ClFN2O2/c1-18-11-13-19(14-12-18)29(37)28-26(22-9-4-5-10-23(22)33)27-24(16-31(2,3)17-25(27)36)35(30(28)34)21-8-6-7-20(32)15-21/h4-15,26,34,37H,16-17H2,1-3H3/b29-28+,34-30?. The third-order valence-electron chi connectivity index (χ3n) is 7.09. The van der Waals surface area contributed by atoms with Crippen LogP contribution in [0.3, 0.4) is 0 Å². The Morgan fingerprint density at radius 3 is 2.43 bits per heavy atom. The topological polar surface area (TPSA) is 64.4 Å². The fraction of sp³-hybridized carbons (Fsp3) is 0.226. The molecule has 0 saturated carbocycles. The number of Topliss-reactive ketones (excluding diaryl/α,β-unsaturated/α-hetero) is 1. The van der Waals surface area contributed by atoms with E-state index in [0.717, 1.165) is 5.56 Å². The van der Waals surface area contributed by atoms with Crippen molar-refractivity contribution in [2.24, 2.45) is 5.41 Å². The molecule has 0 spiro atoms.